The van der Waals surface area contributed by atoms with Gasteiger partial charge in [-0.25, -0.2) is 9.38 Å². The van der Waals surface area contributed by atoms with Crippen molar-refractivity contribution in [2.75, 3.05) is 26.3 Å². The van der Waals surface area contributed by atoms with E-state index >= 15 is 0 Å². The number of nitrogens with one attached hydrogen (secondary N) is 2. The number of hydrogen-bond donors (Lipinski definition) is 2. The Morgan fingerprint density at radius 1 is 0.963 bits per heavy atom. The van der Waals surface area contributed by atoms with E-state index in [2.05, 4.69) is 39.9 Å². The first-order valence-electron chi connectivity index (χ1n) is 9.66. The normalized spacial score (nSPS) is 11.4. The molecule has 0 atom stereocenters. The summed E-state index contributed by atoms with van der Waals surface area (Å²) in [6, 6.07) is 16.9. The lowest BCUT2D eigenvalue weighted by Gasteiger charge is -2.11. The average molecular weight is 372 g/mol. The van der Waals surface area contributed by atoms with E-state index in [1.807, 2.05) is 19.1 Å². The summed E-state index contributed by atoms with van der Waals surface area (Å²) >= 11 is 0. The van der Waals surface area contributed by atoms with E-state index in [1.165, 1.54) is 17.7 Å². The highest BCUT2D eigenvalue weighted by Gasteiger charge is 1.99. The first-order valence-corrected chi connectivity index (χ1v) is 9.66. The Bertz CT molecular complexity index is 676. The third kappa shape index (κ3) is 9.20. The van der Waals surface area contributed by atoms with Gasteiger partial charge in [-0.15, -0.1) is 0 Å². The molecule has 0 radical (unpaired) electrons. The topological polar surface area (TPSA) is 45.7 Å². The summed E-state index contributed by atoms with van der Waals surface area (Å²) in [5, 5.41) is 6.52. The quantitative estimate of drug-likeness (QED) is 0.357. The molecule has 0 amide bonds. The van der Waals surface area contributed by atoms with Crippen LogP contribution in [0.5, 0.6) is 0 Å². The van der Waals surface area contributed by atoms with Gasteiger partial charge in [0.25, 0.3) is 0 Å². The fourth-order valence-electron chi connectivity index (χ4n) is 2.62. The molecular weight excluding hydrogens is 341 g/mol. The molecule has 4 nitrogen and oxygen atoms in total. The third-order valence-corrected chi connectivity index (χ3v) is 4.04. The summed E-state index contributed by atoms with van der Waals surface area (Å²) in [6.07, 6.45) is 2.97. The molecule has 0 fully saturated rings. The molecule has 2 N–H and O–H groups in total. The first-order chi connectivity index (χ1) is 13.3. The predicted molar refractivity (Wildman–Crippen MR) is 109 cm³/mol. The van der Waals surface area contributed by atoms with Crippen LogP contribution >= 0.6 is 0 Å². The van der Waals surface area contributed by atoms with Gasteiger partial charge in [-0.05, 0) is 49.4 Å². The van der Waals surface area contributed by atoms with Crippen LogP contribution in [0, 0.1) is 5.82 Å². The van der Waals surface area contributed by atoms with Gasteiger partial charge in [0.15, 0.2) is 5.96 Å². The number of nitrogens with zero attached hydrogens (tertiary/aromatic N) is 1. The third-order valence-electron chi connectivity index (χ3n) is 4.04. The van der Waals surface area contributed by atoms with Gasteiger partial charge in [0, 0.05) is 19.7 Å². The molecule has 0 aliphatic rings. The van der Waals surface area contributed by atoms with E-state index in [9.17, 15) is 4.39 Å². The summed E-state index contributed by atoms with van der Waals surface area (Å²) < 4.78 is 18.9. The number of halogens is 1. The van der Waals surface area contributed by atoms with E-state index in [0.717, 1.165) is 57.1 Å². The van der Waals surface area contributed by atoms with Gasteiger partial charge >= 0.3 is 0 Å². The van der Waals surface area contributed by atoms with Crippen LogP contribution in [0.3, 0.4) is 0 Å². The molecule has 2 rings (SSSR count). The second-order valence-electron chi connectivity index (χ2n) is 6.31. The minimum Gasteiger partial charge on any atom is -0.381 e. The molecule has 5 heteroatoms. The van der Waals surface area contributed by atoms with Gasteiger partial charge in [-0.1, -0.05) is 42.5 Å². The van der Waals surface area contributed by atoms with Crippen molar-refractivity contribution in [1.82, 2.24) is 10.6 Å². The van der Waals surface area contributed by atoms with Crippen LogP contribution in [0.4, 0.5) is 4.39 Å². The van der Waals surface area contributed by atoms with Crippen LogP contribution < -0.4 is 10.6 Å². The lowest BCUT2D eigenvalue weighted by molar-refractivity contribution is 0.133. The maximum Gasteiger partial charge on any atom is 0.191 e. The van der Waals surface area contributed by atoms with Crippen LogP contribution in [-0.4, -0.2) is 32.3 Å². The van der Waals surface area contributed by atoms with E-state index in [1.54, 1.807) is 6.07 Å². The Labute approximate surface area is 161 Å². The van der Waals surface area contributed by atoms with Gasteiger partial charge in [-0.2, -0.15) is 0 Å². The predicted octanol–water partition coefficient (Wildman–Crippen LogP) is 3.92. The zero-order chi connectivity index (χ0) is 19.2. The van der Waals surface area contributed by atoms with Crippen LogP contribution in [0.2, 0.25) is 0 Å². The van der Waals surface area contributed by atoms with Crippen molar-refractivity contribution in [1.29, 1.82) is 0 Å². The molecule has 0 aliphatic carbocycles. The molecular formula is C22H30FN3O. The molecule has 2 aromatic rings. The Morgan fingerprint density at radius 2 is 1.78 bits per heavy atom. The molecule has 0 unspecified atom stereocenters. The highest BCUT2D eigenvalue weighted by Crippen LogP contribution is 2.04. The number of rotatable bonds is 11. The van der Waals surface area contributed by atoms with Crippen molar-refractivity contribution in [3.05, 3.63) is 71.5 Å². The maximum absolute atomic E-state index is 13.2. The van der Waals surface area contributed by atoms with Gasteiger partial charge in [0.05, 0.1) is 13.2 Å². The smallest absolute Gasteiger partial charge is 0.191 e. The number of benzene rings is 2. The standard InChI is InChI=1S/C22H30FN3O/c1-2-24-22(26-18-20-11-8-12-21(23)17-20)25-14-6-7-15-27-16-13-19-9-4-3-5-10-19/h3-5,8-12,17H,2,6-7,13-16,18H2,1H3,(H2,24,25,26). The van der Waals surface area contributed by atoms with Crippen molar-refractivity contribution in [3.63, 3.8) is 0 Å². The SMILES string of the molecule is CCNC(=NCc1cccc(F)c1)NCCCCOCCc1ccccc1. The molecule has 0 spiro atoms. The minimum absolute atomic E-state index is 0.229. The summed E-state index contributed by atoms with van der Waals surface area (Å²) in [4.78, 5) is 4.50. The van der Waals surface area contributed by atoms with E-state index in [4.69, 9.17) is 4.74 Å². The maximum atomic E-state index is 13.2. The summed E-state index contributed by atoms with van der Waals surface area (Å²) in [5.74, 6) is 0.527. The largest absolute Gasteiger partial charge is 0.381 e. The molecule has 2 aromatic carbocycles. The van der Waals surface area contributed by atoms with E-state index in [0.29, 0.717) is 6.54 Å². The van der Waals surface area contributed by atoms with E-state index < -0.39 is 0 Å². The summed E-state index contributed by atoms with van der Waals surface area (Å²) in [6.45, 7) is 5.63. The van der Waals surface area contributed by atoms with Crippen molar-refractivity contribution in [2.45, 2.75) is 32.7 Å². The fraction of sp³-hybridized carbons (Fsp3) is 0.409. The highest BCUT2D eigenvalue weighted by atomic mass is 19.1. The molecule has 0 aromatic heterocycles. The zero-order valence-electron chi connectivity index (χ0n) is 16.1. The summed E-state index contributed by atoms with van der Waals surface area (Å²) in [7, 11) is 0. The van der Waals surface area contributed by atoms with E-state index in [-0.39, 0.29) is 5.82 Å². The first kappa shape index (κ1) is 20.9. The monoisotopic (exact) mass is 371 g/mol. The van der Waals surface area contributed by atoms with Gasteiger partial charge in [0.2, 0.25) is 0 Å². The Kier molecular flexibility index (Phi) is 9.97. The second kappa shape index (κ2) is 12.9. The van der Waals surface area contributed by atoms with Crippen molar-refractivity contribution in [2.24, 2.45) is 4.99 Å². The average Bonchev–Trinajstić information content (AvgIpc) is 2.69. The van der Waals surface area contributed by atoms with Crippen LogP contribution in [0.1, 0.15) is 30.9 Å². The lowest BCUT2D eigenvalue weighted by atomic mass is 10.2. The molecule has 146 valence electrons. The fourth-order valence-corrected chi connectivity index (χ4v) is 2.62. The molecule has 0 bridgehead atoms. The molecule has 0 saturated carbocycles. The van der Waals surface area contributed by atoms with Gasteiger partial charge in [0.1, 0.15) is 5.82 Å². The Hall–Kier alpha value is -2.40. The molecule has 27 heavy (non-hydrogen) atoms. The number of aliphatic imine (C=N–C) groups is 1. The number of ether oxygens (including phenoxy) is 1. The zero-order valence-corrected chi connectivity index (χ0v) is 16.1. The lowest BCUT2D eigenvalue weighted by Crippen LogP contribution is -2.37. The van der Waals surface area contributed by atoms with Gasteiger partial charge < -0.3 is 15.4 Å². The van der Waals surface area contributed by atoms with Crippen LogP contribution in [0.15, 0.2) is 59.6 Å². The number of guanidine groups is 1. The number of unbranched alkanes of at least 4 members (excludes halogenated alkanes) is 1. The van der Waals surface area contributed by atoms with Crippen LogP contribution in [0.25, 0.3) is 0 Å². The molecule has 0 heterocycles. The van der Waals surface area contributed by atoms with Crippen LogP contribution in [-0.2, 0) is 17.7 Å². The highest BCUT2D eigenvalue weighted by molar-refractivity contribution is 5.79. The Morgan fingerprint density at radius 3 is 2.56 bits per heavy atom. The minimum atomic E-state index is -0.229. The molecule has 0 aliphatic heterocycles. The molecule has 0 saturated heterocycles. The van der Waals surface area contributed by atoms with Crippen molar-refractivity contribution in [3.8, 4) is 0 Å². The van der Waals surface area contributed by atoms with Crippen molar-refractivity contribution >= 4 is 5.96 Å². The van der Waals surface area contributed by atoms with Crippen molar-refractivity contribution < 1.29 is 9.13 Å². The number of hydrogen-bond acceptors (Lipinski definition) is 2. The second-order valence-corrected chi connectivity index (χ2v) is 6.31. The Balaban J connectivity index is 1.58. The van der Waals surface area contributed by atoms with Gasteiger partial charge in [-0.3, -0.25) is 0 Å². The summed E-state index contributed by atoms with van der Waals surface area (Å²) in [5.41, 5.74) is 2.17.